The van der Waals surface area contributed by atoms with Crippen LogP contribution in [0.1, 0.15) is 69.9 Å². The summed E-state index contributed by atoms with van der Waals surface area (Å²) in [5.74, 6) is -0.00645. The molecule has 2 aliphatic heterocycles. The molecule has 0 aromatic heterocycles. The fourth-order valence-electron chi connectivity index (χ4n) is 9.67. The molecular formula is C30H40O5. The first kappa shape index (κ1) is 22.9. The van der Waals surface area contributed by atoms with Crippen LogP contribution in [-0.4, -0.2) is 43.1 Å². The van der Waals surface area contributed by atoms with Gasteiger partial charge in [-0.25, -0.2) is 0 Å². The standard InChI is InChI=1S/C30H40O5/c1-20-4-6-21(7-5-20)29(31)19-27(3)24(10-11-30(27)34-16-17-35-30)23-9-8-22-18-28(32-14-15-33-28)13-12-26(22,2)25(23)29/h4-8,23-25,31H,9-19H2,1-3H3/t23-,24-,25-,26-,27-,29+/m0/s1. The smallest absolute Gasteiger partial charge is 0.174 e. The molecule has 0 unspecified atom stereocenters. The summed E-state index contributed by atoms with van der Waals surface area (Å²) < 4.78 is 25.1. The van der Waals surface area contributed by atoms with Crippen LogP contribution in [0, 0.1) is 35.5 Å². The Bertz CT molecular complexity index is 1040. The number of aliphatic hydroxyl groups is 1. The lowest BCUT2D eigenvalue weighted by Gasteiger charge is -2.65. The third-order valence-electron chi connectivity index (χ3n) is 11.2. The summed E-state index contributed by atoms with van der Waals surface area (Å²) >= 11 is 0. The molecule has 0 radical (unpaired) electrons. The van der Waals surface area contributed by atoms with E-state index in [1.807, 2.05) is 0 Å². The largest absolute Gasteiger partial charge is 0.385 e. The minimum atomic E-state index is -0.952. The van der Waals surface area contributed by atoms with Crippen molar-refractivity contribution >= 4 is 0 Å². The van der Waals surface area contributed by atoms with E-state index in [0.29, 0.717) is 44.7 Å². The first-order valence-electron chi connectivity index (χ1n) is 13.8. The maximum atomic E-state index is 13.0. The van der Waals surface area contributed by atoms with E-state index in [1.54, 1.807) is 0 Å². The number of ether oxygens (including phenoxy) is 4. The van der Waals surface area contributed by atoms with E-state index in [9.17, 15) is 5.11 Å². The monoisotopic (exact) mass is 480 g/mol. The van der Waals surface area contributed by atoms with Crippen molar-refractivity contribution in [2.24, 2.45) is 28.6 Å². The molecule has 0 bridgehead atoms. The zero-order valence-corrected chi connectivity index (χ0v) is 21.5. The van der Waals surface area contributed by atoms with Gasteiger partial charge in [0, 0.05) is 30.6 Å². The number of fused-ring (bicyclic) bond motifs is 6. The number of hydrogen-bond acceptors (Lipinski definition) is 5. The molecule has 5 fully saturated rings. The molecule has 4 aliphatic carbocycles. The van der Waals surface area contributed by atoms with Crippen LogP contribution < -0.4 is 0 Å². The summed E-state index contributed by atoms with van der Waals surface area (Å²) in [6.07, 6.45) is 8.91. The van der Waals surface area contributed by atoms with Gasteiger partial charge in [0.15, 0.2) is 11.6 Å². The highest BCUT2D eigenvalue weighted by Gasteiger charge is 2.72. The van der Waals surface area contributed by atoms with Crippen LogP contribution in [0.2, 0.25) is 0 Å². The number of rotatable bonds is 1. The minimum absolute atomic E-state index is 0.0857. The quantitative estimate of drug-likeness (QED) is 0.557. The van der Waals surface area contributed by atoms with Gasteiger partial charge in [-0.1, -0.05) is 55.3 Å². The van der Waals surface area contributed by atoms with Crippen molar-refractivity contribution in [1.29, 1.82) is 0 Å². The molecular weight excluding hydrogens is 440 g/mol. The van der Waals surface area contributed by atoms with Gasteiger partial charge >= 0.3 is 0 Å². The van der Waals surface area contributed by atoms with Crippen LogP contribution in [0.4, 0.5) is 0 Å². The Morgan fingerprint density at radius 3 is 2.29 bits per heavy atom. The number of allylic oxidation sites excluding steroid dienone is 1. The number of aryl methyl sites for hydroxylation is 1. The topological polar surface area (TPSA) is 57.2 Å². The molecule has 2 spiro atoms. The number of benzene rings is 1. The SMILES string of the molecule is Cc1ccc([C@]2(O)C[C@@]3(C)[C@@H](CCC34OCCO4)[C@@H]3CC=C4CC5(CC[C@]4(C)[C@H]32)OCCO5)cc1. The molecule has 5 nitrogen and oxygen atoms in total. The highest BCUT2D eigenvalue weighted by molar-refractivity contribution is 5.36. The molecule has 2 saturated heterocycles. The Hall–Kier alpha value is -1.24. The molecule has 2 heterocycles. The van der Waals surface area contributed by atoms with Gasteiger partial charge in [0.2, 0.25) is 0 Å². The Balaban J connectivity index is 1.37. The maximum Gasteiger partial charge on any atom is 0.174 e. The first-order chi connectivity index (χ1) is 16.7. The van der Waals surface area contributed by atoms with E-state index in [2.05, 4.69) is 51.1 Å². The third kappa shape index (κ3) is 2.94. The summed E-state index contributed by atoms with van der Waals surface area (Å²) in [7, 11) is 0. The van der Waals surface area contributed by atoms with Crippen molar-refractivity contribution in [1.82, 2.24) is 0 Å². The van der Waals surface area contributed by atoms with Crippen molar-refractivity contribution in [3.63, 3.8) is 0 Å². The molecule has 6 atom stereocenters. The summed E-state index contributed by atoms with van der Waals surface area (Å²) in [4.78, 5) is 0. The highest BCUT2D eigenvalue weighted by atomic mass is 16.7. The van der Waals surface area contributed by atoms with E-state index in [0.717, 1.165) is 44.1 Å². The van der Waals surface area contributed by atoms with Crippen molar-refractivity contribution in [3.8, 4) is 0 Å². The average Bonchev–Trinajstić information content (AvgIpc) is 3.56. The molecule has 3 saturated carbocycles. The lowest BCUT2D eigenvalue weighted by molar-refractivity contribution is -0.281. The van der Waals surface area contributed by atoms with Gasteiger partial charge in [-0.05, 0) is 55.4 Å². The molecule has 0 amide bonds. The Morgan fingerprint density at radius 2 is 1.57 bits per heavy atom. The van der Waals surface area contributed by atoms with Crippen molar-refractivity contribution in [2.75, 3.05) is 26.4 Å². The van der Waals surface area contributed by atoms with E-state index in [-0.39, 0.29) is 16.7 Å². The van der Waals surface area contributed by atoms with Crippen LogP contribution in [0.5, 0.6) is 0 Å². The van der Waals surface area contributed by atoms with Gasteiger partial charge in [0.25, 0.3) is 0 Å². The predicted molar refractivity (Wildman–Crippen MR) is 131 cm³/mol. The van der Waals surface area contributed by atoms with Crippen LogP contribution in [0.15, 0.2) is 35.9 Å². The second-order valence-corrected chi connectivity index (χ2v) is 12.8. The van der Waals surface area contributed by atoms with Gasteiger partial charge in [0.1, 0.15) is 0 Å². The van der Waals surface area contributed by atoms with Crippen LogP contribution in [-0.2, 0) is 24.5 Å². The number of hydrogen-bond donors (Lipinski definition) is 1. The van der Waals surface area contributed by atoms with Gasteiger partial charge in [-0.3, -0.25) is 0 Å². The molecule has 1 N–H and O–H groups in total. The normalized spacial score (nSPS) is 45.3. The van der Waals surface area contributed by atoms with E-state index < -0.39 is 17.2 Å². The van der Waals surface area contributed by atoms with E-state index in [4.69, 9.17) is 18.9 Å². The Labute approximate surface area is 209 Å². The average molecular weight is 481 g/mol. The van der Waals surface area contributed by atoms with Crippen LogP contribution in [0.3, 0.4) is 0 Å². The maximum absolute atomic E-state index is 13.0. The zero-order valence-electron chi connectivity index (χ0n) is 21.5. The van der Waals surface area contributed by atoms with Crippen molar-refractivity contribution < 1.29 is 24.1 Å². The summed E-state index contributed by atoms with van der Waals surface area (Å²) in [5, 5.41) is 13.0. The zero-order chi connectivity index (χ0) is 24.1. The van der Waals surface area contributed by atoms with Crippen molar-refractivity contribution in [2.45, 2.75) is 82.9 Å². The van der Waals surface area contributed by atoms with Crippen LogP contribution in [0.25, 0.3) is 0 Å². The molecule has 5 heteroatoms. The predicted octanol–water partition coefficient (Wildman–Crippen LogP) is 5.24. The first-order valence-corrected chi connectivity index (χ1v) is 13.8. The molecule has 1 aromatic rings. The van der Waals surface area contributed by atoms with Gasteiger partial charge in [-0.2, -0.15) is 0 Å². The second-order valence-electron chi connectivity index (χ2n) is 12.8. The summed E-state index contributed by atoms with van der Waals surface area (Å²) in [6.45, 7) is 9.58. The Morgan fingerprint density at radius 1 is 0.886 bits per heavy atom. The fraction of sp³-hybridized carbons (Fsp3) is 0.733. The summed E-state index contributed by atoms with van der Waals surface area (Å²) in [6, 6.07) is 8.65. The highest BCUT2D eigenvalue weighted by Crippen LogP contribution is 2.73. The van der Waals surface area contributed by atoms with Crippen LogP contribution >= 0.6 is 0 Å². The van der Waals surface area contributed by atoms with Gasteiger partial charge in [0.05, 0.1) is 32.0 Å². The lowest BCUT2D eigenvalue weighted by Crippen LogP contribution is -2.64. The summed E-state index contributed by atoms with van der Waals surface area (Å²) in [5.41, 5.74) is 2.44. The van der Waals surface area contributed by atoms with E-state index in [1.165, 1.54) is 11.1 Å². The van der Waals surface area contributed by atoms with E-state index >= 15 is 0 Å². The Kier molecular flexibility index (Phi) is 4.86. The molecule has 35 heavy (non-hydrogen) atoms. The third-order valence-corrected chi connectivity index (χ3v) is 11.2. The van der Waals surface area contributed by atoms with Gasteiger partial charge < -0.3 is 24.1 Å². The molecule has 1 aromatic carbocycles. The molecule has 190 valence electrons. The molecule has 7 rings (SSSR count). The van der Waals surface area contributed by atoms with Gasteiger partial charge in [-0.15, -0.1) is 0 Å². The fourth-order valence-corrected chi connectivity index (χ4v) is 9.67. The molecule has 6 aliphatic rings. The van der Waals surface area contributed by atoms with Crippen molar-refractivity contribution in [3.05, 3.63) is 47.0 Å². The minimum Gasteiger partial charge on any atom is -0.385 e. The second kappa shape index (κ2) is 7.41. The lowest BCUT2D eigenvalue weighted by atomic mass is 9.42.